The minimum absolute atomic E-state index is 0.0135. The van der Waals surface area contributed by atoms with Gasteiger partial charge in [-0.15, -0.1) is 6.42 Å². The van der Waals surface area contributed by atoms with E-state index in [0.29, 0.717) is 11.1 Å². The van der Waals surface area contributed by atoms with E-state index in [4.69, 9.17) is 11.5 Å². The number of terminal acetylenes is 1. The second-order valence-corrected chi connectivity index (χ2v) is 3.95. The van der Waals surface area contributed by atoms with Gasteiger partial charge < -0.3 is 5.11 Å². The predicted octanol–water partition coefficient (Wildman–Crippen LogP) is 2.96. The number of hydrogen-bond acceptors (Lipinski definition) is 1. The van der Waals surface area contributed by atoms with Gasteiger partial charge in [-0.1, -0.05) is 48.4 Å². The Morgan fingerprint density at radius 3 is 2.00 bits per heavy atom. The molecule has 2 aliphatic carbocycles. The van der Waals surface area contributed by atoms with E-state index in [-0.39, 0.29) is 6.42 Å². The highest BCUT2D eigenvalue weighted by Crippen LogP contribution is 2.29. The second-order valence-electron chi connectivity index (χ2n) is 3.95. The van der Waals surface area contributed by atoms with Crippen molar-refractivity contribution in [2.75, 3.05) is 0 Å². The van der Waals surface area contributed by atoms with Gasteiger partial charge in [0.15, 0.2) is 0 Å². The van der Waals surface area contributed by atoms with Gasteiger partial charge in [0.2, 0.25) is 0 Å². The summed E-state index contributed by atoms with van der Waals surface area (Å²) < 4.78 is 0. The van der Waals surface area contributed by atoms with Crippen LogP contribution in [-0.4, -0.2) is 11.1 Å². The van der Waals surface area contributed by atoms with Crippen LogP contribution >= 0.6 is 0 Å². The average molecular weight is 236 g/mol. The van der Waals surface area contributed by atoms with Gasteiger partial charge in [0.1, 0.15) is 0 Å². The normalized spacial score (nSPS) is 9.72. The van der Waals surface area contributed by atoms with Crippen molar-refractivity contribution in [1.29, 1.82) is 0 Å². The molecule has 0 heterocycles. The molecule has 18 heavy (non-hydrogen) atoms. The largest absolute Gasteiger partial charge is 0.481 e. The Labute approximate surface area is 106 Å². The Morgan fingerprint density at radius 2 is 1.61 bits per heavy atom. The number of carboxylic acid groups (broad SMARTS) is 1. The van der Waals surface area contributed by atoms with E-state index in [1.807, 2.05) is 0 Å². The number of fused-ring (bicyclic) bond motifs is 1. The molecule has 2 aliphatic rings. The highest BCUT2D eigenvalue weighted by molar-refractivity contribution is 5.75. The second kappa shape index (κ2) is 5.20. The lowest BCUT2D eigenvalue weighted by atomic mass is 9.95. The zero-order valence-corrected chi connectivity index (χ0v) is 9.76. The van der Waals surface area contributed by atoms with Crippen LogP contribution in [-0.2, 0) is 11.2 Å². The zero-order chi connectivity index (χ0) is 13.0. The Morgan fingerprint density at radius 1 is 1.06 bits per heavy atom. The summed E-state index contributed by atoms with van der Waals surface area (Å²) in [6.07, 6.45) is 5.17. The molecule has 2 nitrogen and oxygen atoms in total. The molecule has 0 fully saturated rings. The van der Waals surface area contributed by atoms with Crippen molar-refractivity contribution in [3.05, 3.63) is 59.7 Å². The van der Waals surface area contributed by atoms with Crippen LogP contribution in [0.15, 0.2) is 48.5 Å². The van der Waals surface area contributed by atoms with E-state index >= 15 is 0 Å². The third-order valence-corrected chi connectivity index (χ3v) is 2.73. The Bertz CT molecular complexity index is 583. The maximum Gasteiger partial charge on any atom is 0.307 e. The van der Waals surface area contributed by atoms with Crippen LogP contribution in [0.1, 0.15) is 11.1 Å². The van der Waals surface area contributed by atoms with Crippen molar-refractivity contribution in [1.82, 2.24) is 0 Å². The number of carbonyl (C=O) groups is 1. The van der Waals surface area contributed by atoms with E-state index < -0.39 is 5.97 Å². The number of hydrogen-bond donors (Lipinski definition) is 1. The maximum atomic E-state index is 10.4. The Kier molecular flexibility index (Phi) is 3.45. The van der Waals surface area contributed by atoms with E-state index in [1.54, 1.807) is 24.3 Å². The monoisotopic (exact) mass is 236 g/mol. The van der Waals surface area contributed by atoms with Crippen LogP contribution < -0.4 is 0 Å². The molecule has 0 amide bonds. The summed E-state index contributed by atoms with van der Waals surface area (Å²) in [5.74, 6) is 1.57. The van der Waals surface area contributed by atoms with Gasteiger partial charge in [0.25, 0.3) is 0 Å². The van der Waals surface area contributed by atoms with Gasteiger partial charge in [-0.2, -0.15) is 0 Å². The van der Waals surface area contributed by atoms with Crippen LogP contribution in [0.5, 0.6) is 0 Å². The molecule has 1 aromatic rings. The first kappa shape index (κ1) is 11.9. The first-order chi connectivity index (χ1) is 8.70. The minimum atomic E-state index is -0.863. The fourth-order valence-electron chi connectivity index (χ4n) is 1.64. The van der Waals surface area contributed by atoms with Crippen molar-refractivity contribution >= 4 is 5.97 Å². The minimum Gasteiger partial charge on any atom is -0.481 e. The molecule has 3 rings (SSSR count). The third-order valence-electron chi connectivity index (χ3n) is 2.73. The lowest BCUT2D eigenvalue weighted by Crippen LogP contribution is -2.01. The molecule has 0 radical (unpaired) electrons. The van der Waals surface area contributed by atoms with Crippen molar-refractivity contribution in [3.8, 4) is 23.5 Å². The topological polar surface area (TPSA) is 37.3 Å². The summed E-state index contributed by atoms with van der Waals surface area (Å²) in [7, 11) is 0. The van der Waals surface area contributed by atoms with Crippen molar-refractivity contribution in [3.63, 3.8) is 0 Å². The zero-order valence-electron chi connectivity index (χ0n) is 9.76. The summed E-state index contributed by atoms with van der Waals surface area (Å²) in [5, 5.41) is 8.52. The summed E-state index contributed by atoms with van der Waals surface area (Å²) in [6.45, 7) is 0. The lowest BCUT2D eigenvalue weighted by molar-refractivity contribution is -0.136. The lowest BCUT2D eigenvalue weighted by Gasteiger charge is -2.10. The molecule has 0 spiro atoms. The fourth-order valence-corrected chi connectivity index (χ4v) is 1.64. The Balaban J connectivity index is 0.000000164. The first-order valence-corrected chi connectivity index (χ1v) is 5.57. The van der Waals surface area contributed by atoms with Crippen molar-refractivity contribution in [2.24, 2.45) is 0 Å². The van der Waals surface area contributed by atoms with Crippen LogP contribution in [0.2, 0.25) is 0 Å². The maximum absolute atomic E-state index is 10.4. The number of rotatable bonds is 2. The van der Waals surface area contributed by atoms with Crippen LogP contribution in [0, 0.1) is 12.3 Å². The SMILES string of the molecule is C#Cc1ccccc1CC(=O)O.c1cc2ccc1-2. The van der Waals surface area contributed by atoms with E-state index in [0.717, 1.165) is 0 Å². The molecule has 0 atom stereocenters. The molecule has 0 aromatic heterocycles. The molecule has 1 N–H and O–H groups in total. The summed E-state index contributed by atoms with van der Waals surface area (Å²) in [4.78, 5) is 10.4. The van der Waals surface area contributed by atoms with Crippen LogP contribution in [0.4, 0.5) is 0 Å². The van der Waals surface area contributed by atoms with E-state index in [1.165, 1.54) is 11.1 Å². The standard InChI is InChI=1S/C10H8O2.C6H4/c1-2-8-5-3-4-6-9(8)7-10(11)12;1-2-6-4-3-5(1)6/h1,3-6H,7H2,(H,11,12);1-4H. The van der Waals surface area contributed by atoms with Crippen molar-refractivity contribution < 1.29 is 9.90 Å². The molecular weight excluding hydrogens is 224 g/mol. The third kappa shape index (κ3) is 2.58. The summed E-state index contributed by atoms with van der Waals surface area (Å²) in [6, 6.07) is 15.5. The Hall–Kier alpha value is -2.53. The molecule has 0 aliphatic heterocycles. The number of aliphatic carboxylic acids is 1. The summed E-state index contributed by atoms with van der Waals surface area (Å²) in [5.41, 5.74) is 4.19. The molecule has 0 saturated heterocycles. The number of carboxylic acids is 1. The number of benzene rings is 2. The smallest absolute Gasteiger partial charge is 0.307 e. The van der Waals surface area contributed by atoms with Crippen LogP contribution in [0.25, 0.3) is 11.1 Å². The van der Waals surface area contributed by atoms with Gasteiger partial charge in [-0.3, -0.25) is 4.79 Å². The molecule has 0 unspecified atom stereocenters. The first-order valence-electron chi connectivity index (χ1n) is 5.57. The molecule has 0 saturated carbocycles. The van der Waals surface area contributed by atoms with Crippen LogP contribution in [0.3, 0.4) is 0 Å². The summed E-state index contributed by atoms with van der Waals surface area (Å²) >= 11 is 0. The van der Waals surface area contributed by atoms with Gasteiger partial charge in [0.05, 0.1) is 6.42 Å². The molecular formula is C16H12O2. The van der Waals surface area contributed by atoms with E-state index in [9.17, 15) is 4.79 Å². The molecule has 0 bridgehead atoms. The van der Waals surface area contributed by atoms with Gasteiger partial charge >= 0.3 is 5.97 Å². The predicted molar refractivity (Wildman–Crippen MR) is 71.2 cm³/mol. The van der Waals surface area contributed by atoms with Gasteiger partial charge in [-0.25, -0.2) is 0 Å². The molecule has 1 aromatic carbocycles. The van der Waals surface area contributed by atoms with Crippen molar-refractivity contribution in [2.45, 2.75) is 6.42 Å². The van der Waals surface area contributed by atoms with E-state index in [2.05, 4.69) is 30.2 Å². The van der Waals surface area contributed by atoms with Gasteiger partial charge in [0, 0.05) is 5.56 Å². The molecule has 2 heteroatoms. The van der Waals surface area contributed by atoms with Gasteiger partial charge in [-0.05, 0) is 22.8 Å². The highest BCUT2D eigenvalue weighted by atomic mass is 16.4. The quantitative estimate of drug-likeness (QED) is 0.694. The highest BCUT2D eigenvalue weighted by Gasteiger charge is 2.04. The average Bonchev–Trinajstić information content (AvgIpc) is 2.34. The molecule has 88 valence electrons. The fraction of sp³-hybridized carbons (Fsp3) is 0.0625.